The number of hydrogen-bond donors (Lipinski definition) is 1. The van der Waals surface area contributed by atoms with E-state index in [4.69, 9.17) is 0 Å². The third kappa shape index (κ3) is 3.18. The highest BCUT2D eigenvalue weighted by Crippen LogP contribution is 2.49. The van der Waals surface area contributed by atoms with E-state index in [9.17, 15) is 4.79 Å². The maximum absolute atomic E-state index is 12.3. The molecule has 2 bridgehead atoms. The van der Waals surface area contributed by atoms with Gasteiger partial charge in [-0.1, -0.05) is 36.2 Å². The number of amides is 1. The first-order valence-electron chi connectivity index (χ1n) is 8.50. The summed E-state index contributed by atoms with van der Waals surface area (Å²) in [5.41, 5.74) is 3.27. The van der Waals surface area contributed by atoms with Gasteiger partial charge in [0, 0.05) is 17.4 Å². The van der Waals surface area contributed by atoms with E-state index in [1.807, 2.05) is 5.38 Å². The number of nitrogens with one attached hydrogen (secondary N) is 1. The van der Waals surface area contributed by atoms with E-state index >= 15 is 0 Å². The van der Waals surface area contributed by atoms with Crippen LogP contribution in [0.15, 0.2) is 29.6 Å². The number of fused-ring (bicyclic) bond motifs is 2. The molecule has 2 aliphatic rings. The number of aromatic nitrogens is 1. The Labute approximate surface area is 141 Å². The zero-order chi connectivity index (χ0) is 15.8. The van der Waals surface area contributed by atoms with Crippen LogP contribution in [0.25, 0.3) is 11.3 Å². The van der Waals surface area contributed by atoms with Gasteiger partial charge in [-0.3, -0.25) is 4.79 Å². The van der Waals surface area contributed by atoms with E-state index < -0.39 is 0 Å². The Bertz CT molecular complexity index is 706. The Balaban J connectivity index is 1.37. The monoisotopic (exact) mass is 326 g/mol. The summed E-state index contributed by atoms with van der Waals surface area (Å²) in [4.78, 5) is 16.8. The van der Waals surface area contributed by atoms with Crippen molar-refractivity contribution in [3.8, 4) is 11.3 Å². The molecule has 4 rings (SSSR count). The molecule has 1 amide bonds. The average Bonchev–Trinajstić information content (AvgIpc) is 3.24. The highest BCUT2D eigenvalue weighted by atomic mass is 32.1. The van der Waals surface area contributed by atoms with Crippen molar-refractivity contribution in [3.63, 3.8) is 0 Å². The molecular formula is C19H22N2OS. The molecule has 2 fully saturated rings. The lowest BCUT2D eigenvalue weighted by Gasteiger charge is -2.20. The summed E-state index contributed by atoms with van der Waals surface area (Å²) in [7, 11) is 0. The smallest absolute Gasteiger partial charge is 0.226 e. The van der Waals surface area contributed by atoms with Gasteiger partial charge in [0.05, 0.1) is 5.69 Å². The molecule has 23 heavy (non-hydrogen) atoms. The topological polar surface area (TPSA) is 42.0 Å². The molecule has 0 aliphatic heterocycles. The van der Waals surface area contributed by atoms with Crippen LogP contribution in [0.2, 0.25) is 0 Å². The summed E-state index contributed by atoms with van der Waals surface area (Å²) in [6.07, 6.45) is 5.99. The fraction of sp³-hybridized carbons (Fsp3) is 0.474. The van der Waals surface area contributed by atoms with Crippen LogP contribution in [-0.2, 0) is 4.79 Å². The minimum Gasteiger partial charge on any atom is -0.302 e. The zero-order valence-corrected chi connectivity index (χ0v) is 14.2. The third-order valence-corrected chi connectivity index (χ3v) is 6.19. The van der Waals surface area contributed by atoms with Crippen LogP contribution < -0.4 is 5.32 Å². The summed E-state index contributed by atoms with van der Waals surface area (Å²) in [6, 6.07) is 8.32. The van der Waals surface area contributed by atoms with Crippen molar-refractivity contribution in [1.29, 1.82) is 0 Å². The standard InChI is InChI=1S/C19H22N2OS/c1-12-2-5-14(6-3-12)17-11-23-19(20-17)21-18(22)10-16-9-13-4-7-15(16)8-13/h2-3,5-6,11,13,15-16H,4,7-10H2,1H3,(H,20,21,22)/t13-,15+,16+/m0/s1. The van der Waals surface area contributed by atoms with Crippen LogP contribution in [0.3, 0.4) is 0 Å². The third-order valence-electron chi connectivity index (χ3n) is 5.43. The molecule has 3 atom stereocenters. The van der Waals surface area contributed by atoms with E-state index in [1.165, 1.54) is 42.6 Å². The molecule has 0 radical (unpaired) electrons. The fourth-order valence-electron chi connectivity index (χ4n) is 4.22. The maximum atomic E-state index is 12.3. The number of rotatable bonds is 4. The molecule has 120 valence electrons. The summed E-state index contributed by atoms with van der Waals surface area (Å²) in [6.45, 7) is 2.08. The lowest BCUT2D eigenvalue weighted by atomic mass is 9.86. The van der Waals surface area contributed by atoms with Crippen molar-refractivity contribution in [2.24, 2.45) is 17.8 Å². The van der Waals surface area contributed by atoms with Gasteiger partial charge in [0.2, 0.25) is 5.91 Å². The molecule has 3 nitrogen and oxygen atoms in total. The van der Waals surface area contributed by atoms with Gasteiger partial charge in [0.1, 0.15) is 0 Å². The van der Waals surface area contributed by atoms with Crippen LogP contribution in [0.5, 0.6) is 0 Å². The average molecular weight is 326 g/mol. The molecule has 4 heteroatoms. The number of carbonyl (C=O) groups is 1. The van der Waals surface area contributed by atoms with E-state index in [0.29, 0.717) is 17.5 Å². The van der Waals surface area contributed by atoms with Crippen LogP contribution >= 0.6 is 11.3 Å². The molecular weight excluding hydrogens is 304 g/mol. The van der Waals surface area contributed by atoms with Crippen LogP contribution in [-0.4, -0.2) is 10.9 Å². The van der Waals surface area contributed by atoms with E-state index in [2.05, 4.69) is 41.5 Å². The number of nitrogens with zero attached hydrogens (tertiary/aromatic N) is 1. The Hall–Kier alpha value is -1.68. The van der Waals surface area contributed by atoms with E-state index in [0.717, 1.165) is 23.1 Å². The minimum absolute atomic E-state index is 0.132. The minimum atomic E-state index is 0.132. The summed E-state index contributed by atoms with van der Waals surface area (Å²) < 4.78 is 0. The van der Waals surface area contributed by atoms with Crippen molar-refractivity contribution in [2.45, 2.75) is 39.0 Å². The first kappa shape index (κ1) is 14.9. The summed E-state index contributed by atoms with van der Waals surface area (Å²) >= 11 is 1.51. The number of benzene rings is 1. The number of hydrogen-bond acceptors (Lipinski definition) is 3. The molecule has 0 saturated heterocycles. The van der Waals surface area contributed by atoms with Crippen molar-refractivity contribution in [1.82, 2.24) is 4.98 Å². The van der Waals surface area contributed by atoms with Crippen molar-refractivity contribution < 1.29 is 4.79 Å². The van der Waals surface area contributed by atoms with Gasteiger partial charge in [-0.05, 0) is 43.9 Å². The van der Waals surface area contributed by atoms with E-state index in [1.54, 1.807) is 0 Å². The predicted molar refractivity (Wildman–Crippen MR) is 94.5 cm³/mol. The maximum Gasteiger partial charge on any atom is 0.226 e. The van der Waals surface area contributed by atoms with Crippen LogP contribution in [0.4, 0.5) is 5.13 Å². The molecule has 2 aromatic rings. The first-order valence-corrected chi connectivity index (χ1v) is 9.38. The number of carbonyl (C=O) groups excluding carboxylic acids is 1. The van der Waals surface area contributed by atoms with Crippen molar-refractivity contribution >= 4 is 22.4 Å². The van der Waals surface area contributed by atoms with Gasteiger partial charge in [-0.2, -0.15) is 0 Å². The van der Waals surface area contributed by atoms with Crippen molar-refractivity contribution in [2.75, 3.05) is 5.32 Å². The normalized spacial score (nSPS) is 25.7. The molecule has 1 heterocycles. The second-order valence-electron chi connectivity index (χ2n) is 7.09. The SMILES string of the molecule is Cc1ccc(-c2csc(NC(=O)C[C@H]3C[C@H]4CC[C@@H]3C4)n2)cc1. The van der Waals surface area contributed by atoms with Crippen molar-refractivity contribution in [3.05, 3.63) is 35.2 Å². The quantitative estimate of drug-likeness (QED) is 0.869. The molecule has 2 saturated carbocycles. The summed E-state index contributed by atoms with van der Waals surface area (Å²) in [5.74, 6) is 2.42. The Morgan fingerprint density at radius 3 is 2.78 bits per heavy atom. The predicted octanol–water partition coefficient (Wildman–Crippen LogP) is 4.88. The number of anilines is 1. The lowest BCUT2D eigenvalue weighted by molar-refractivity contribution is -0.117. The van der Waals surface area contributed by atoms with Gasteiger partial charge in [0.25, 0.3) is 0 Å². The zero-order valence-electron chi connectivity index (χ0n) is 13.4. The Morgan fingerprint density at radius 1 is 1.26 bits per heavy atom. The van der Waals surface area contributed by atoms with E-state index in [-0.39, 0.29) is 5.91 Å². The second-order valence-corrected chi connectivity index (χ2v) is 7.95. The Morgan fingerprint density at radius 2 is 2.09 bits per heavy atom. The number of thiazole rings is 1. The Kier molecular flexibility index (Phi) is 3.93. The lowest BCUT2D eigenvalue weighted by Crippen LogP contribution is -2.20. The molecule has 1 aromatic heterocycles. The van der Waals surface area contributed by atoms with Crippen LogP contribution in [0.1, 0.15) is 37.7 Å². The fourth-order valence-corrected chi connectivity index (χ4v) is 4.96. The first-order chi connectivity index (χ1) is 11.2. The molecule has 0 spiro atoms. The summed E-state index contributed by atoms with van der Waals surface area (Å²) in [5, 5.41) is 5.73. The molecule has 1 N–H and O–H groups in total. The van der Waals surface area contributed by atoms with Gasteiger partial charge in [-0.25, -0.2) is 4.98 Å². The molecule has 0 unspecified atom stereocenters. The van der Waals surface area contributed by atoms with Gasteiger partial charge in [0.15, 0.2) is 5.13 Å². The highest BCUT2D eigenvalue weighted by molar-refractivity contribution is 7.14. The highest BCUT2D eigenvalue weighted by Gasteiger charge is 2.40. The second kappa shape index (κ2) is 6.08. The van der Waals surface area contributed by atoms with Gasteiger partial charge >= 0.3 is 0 Å². The van der Waals surface area contributed by atoms with Gasteiger partial charge < -0.3 is 5.32 Å². The number of aryl methyl sites for hydroxylation is 1. The van der Waals surface area contributed by atoms with Gasteiger partial charge in [-0.15, -0.1) is 11.3 Å². The largest absolute Gasteiger partial charge is 0.302 e. The molecule has 2 aliphatic carbocycles. The van der Waals surface area contributed by atoms with Crippen LogP contribution in [0, 0.1) is 24.7 Å². The molecule has 1 aromatic carbocycles.